The van der Waals surface area contributed by atoms with E-state index in [9.17, 15) is 0 Å². The van der Waals surface area contributed by atoms with Crippen LogP contribution in [0.3, 0.4) is 0 Å². The van der Waals surface area contributed by atoms with E-state index < -0.39 is 10.4 Å². The van der Waals surface area contributed by atoms with Crippen molar-refractivity contribution in [3.05, 3.63) is 0 Å². The van der Waals surface area contributed by atoms with Gasteiger partial charge in [-0.2, -0.15) is 0 Å². The molecule has 0 amide bonds. The Bertz CT molecular complexity index is 902. The Morgan fingerprint density at radius 3 is 0.521 bits per heavy atom. The van der Waals surface area contributed by atoms with Gasteiger partial charge in [0.2, 0.25) is 0 Å². The highest BCUT2D eigenvalue weighted by atomic mass is 79.9. The van der Waals surface area contributed by atoms with E-state index in [1.54, 1.807) is 0 Å². The molecule has 0 rings (SSSR count). The van der Waals surface area contributed by atoms with Crippen LogP contribution in [0.2, 0.25) is 0 Å². The molecular formula is C64H140BrN3O4S. The molecule has 0 spiro atoms. The topological polar surface area (TPSA) is 83.5 Å². The van der Waals surface area contributed by atoms with Gasteiger partial charge in [-0.15, -0.1) is 17.0 Å². The minimum atomic E-state index is -5.17. The Balaban J connectivity index is -0.000000301. The van der Waals surface area contributed by atoms with E-state index in [0.29, 0.717) is 0 Å². The molecule has 0 aromatic rings. The van der Waals surface area contributed by atoms with Crippen molar-refractivity contribution in [1.82, 2.24) is 4.90 Å². The highest BCUT2D eigenvalue weighted by Gasteiger charge is 2.26. The average Bonchev–Trinajstić information content (AvgIpc) is 3.35. The number of halogens is 1. The van der Waals surface area contributed by atoms with Crippen molar-refractivity contribution >= 4 is 27.4 Å². The lowest BCUT2D eigenvalue weighted by atomic mass is 10.1. The van der Waals surface area contributed by atoms with Crippen LogP contribution in [0.5, 0.6) is 0 Å². The molecule has 0 aliphatic heterocycles. The van der Waals surface area contributed by atoms with E-state index in [1.807, 2.05) is 0 Å². The molecule has 0 aromatic heterocycles. The predicted octanol–water partition coefficient (Wildman–Crippen LogP) is 20.7. The number of rotatable bonds is 53. The molecule has 0 saturated heterocycles. The molecule has 0 atom stereocenters. The van der Waals surface area contributed by atoms with E-state index in [2.05, 4.69) is 81.1 Å². The van der Waals surface area contributed by atoms with E-state index in [-0.39, 0.29) is 17.0 Å². The van der Waals surface area contributed by atoms with Gasteiger partial charge in [-0.25, -0.2) is 0 Å². The number of unbranched alkanes of at least 4 members (excludes halogenated alkanes) is 31. The third kappa shape index (κ3) is 68.3. The second-order valence-corrected chi connectivity index (χ2v) is 23.5. The monoisotopic (exact) mass is 1130 g/mol. The zero-order valence-corrected chi connectivity index (χ0v) is 54.8. The van der Waals surface area contributed by atoms with Gasteiger partial charge in [-0.05, 0) is 142 Å². The van der Waals surface area contributed by atoms with Crippen LogP contribution in [0, 0.1) is 0 Å². The molecule has 0 unspecified atom stereocenters. The fraction of sp³-hybridized carbons (Fsp3) is 1.00. The summed E-state index contributed by atoms with van der Waals surface area (Å²) in [6.07, 6.45) is 59.6. The first-order valence-electron chi connectivity index (χ1n) is 32.9. The summed E-state index contributed by atoms with van der Waals surface area (Å²) in [4.78, 5) is 2.79. The number of hydrogen-bond acceptors (Lipinski definition) is 5. The zero-order valence-electron chi connectivity index (χ0n) is 52.3. The Kier molecular flexibility index (Phi) is 74.8. The van der Waals surface area contributed by atoms with Gasteiger partial charge in [0, 0.05) is 10.4 Å². The molecule has 448 valence electrons. The molecule has 0 fully saturated rings. The van der Waals surface area contributed by atoms with Crippen LogP contribution in [-0.4, -0.2) is 103 Å². The Labute approximate surface area is 474 Å². The SMILES string of the molecule is Br.CCCCCCCCN(CCCCCCCC)CCCCCCCC.CCCCC[N+](CCCCC)(CCCCC)CCCCC.CCCCC[N+](CCCCC)(CCCCC)CCCCC.O=S(=O)([O-])[O-]. The molecule has 9 heteroatoms. The standard InChI is InChI=1S/C24H51N.2C20H44N.BrH.H2O4S/c1-4-7-10-13-16-19-22-25(23-20-17-14-11-8-5-2)24-21-18-15-12-9-6-3;2*1-5-9-13-17-21(18-14-10-6-2,19-15-11-7-3)20-16-12-8-4;;1-5(2,3)4/h4-24H2,1-3H3;2*5-20H2,1-4H3;1H;(H2,1,2,3,4)/q;2*+1;;/p-2. The summed E-state index contributed by atoms with van der Waals surface area (Å²) < 4.78 is 37.0. The minimum absolute atomic E-state index is 0. The molecule has 0 aliphatic carbocycles. The third-order valence-electron chi connectivity index (χ3n) is 15.4. The van der Waals surface area contributed by atoms with Crippen LogP contribution in [0.25, 0.3) is 0 Å². The molecule has 0 aliphatic rings. The Morgan fingerprint density at radius 1 is 0.247 bits per heavy atom. The second kappa shape index (κ2) is 66.5. The minimum Gasteiger partial charge on any atom is -0.759 e. The van der Waals surface area contributed by atoms with Crippen LogP contribution >= 0.6 is 17.0 Å². The summed E-state index contributed by atoms with van der Waals surface area (Å²) in [7, 11) is -5.17. The van der Waals surface area contributed by atoms with Crippen molar-refractivity contribution in [2.24, 2.45) is 0 Å². The first kappa shape index (κ1) is 82.1. The summed E-state index contributed by atoms with van der Waals surface area (Å²) in [6, 6.07) is 0. The molecule has 7 nitrogen and oxygen atoms in total. The molecule has 0 aromatic carbocycles. The zero-order chi connectivity index (χ0) is 54.6. The summed E-state index contributed by atoms with van der Waals surface area (Å²) in [5.74, 6) is 0. The van der Waals surface area contributed by atoms with Crippen molar-refractivity contribution in [2.45, 2.75) is 346 Å². The first-order valence-corrected chi connectivity index (χ1v) is 34.3. The van der Waals surface area contributed by atoms with Crippen LogP contribution in [0.4, 0.5) is 0 Å². The van der Waals surface area contributed by atoms with Gasteiger partial charge in [-0.1, -0.05) is 224 Å². The lowest BCUT2D eigenvalue weighted by Crippen LogP contribution is -2.50. The maximum atomic E-state index is 8.52. The molecular weight excluding hydrogens is 987 g/mol. The lowest BCUT2D eigenvalue weighted by molar-refractivity contribution is -0.929. The van der Waals surface area contributed by atoms with Crippen molar-refractivity contribution < 1.29 is 26.5 Å². The van der Waals surface area contributed by atoms with E-state index in [0.717, 1.165) is 0 Å². The molecule has 0 bridgehead atoms. The van der Waals surface area contributed by atoms with Gasteiger partial charge in [0.1, 0.15) is 0 Å². The maximum Gasteiger partial charge on any atom is 0.0786 e. The van der Waals surface area contributed by atoms with Gasteiger partial charge in [0.05, 0.1) is 52.4 Å². The molecule has 0 heterocycles. The van der Waals surface area contributed by atoms with Crippen molar-refractivity contribution in [2.75, 3.05) is 72.0 Å². The quantitative estimate of drug-likeness (QED) is 0.0262. The van der Waals surface area contributed by atoms with E-state index >= 15 is 0 Å². The summed E-state index contributed by atoms with van der Waals surface area (Å²) in [5.41, 5.74) is 0. The normalized spacial score (nSPS) is 11.6. The number of quaternary nitrogens is 2. The smallest absolute Gasteiger partial charge is 0.0786 e. The lowest BCUT2D eigenvalue weighted by Gasteiger charge is -2.39. The highest BCUT2D eigenvalue weighted by molar-refractivity contribution is 8.93. The first-order chi connectivity index (χ1) is 34.8. The van der Waals surface area contributed by atoms with Gasteiger partial charge < -0.3 is 23.0 Å². The summed E-state index contributed by atoms with van der Waals surface area (Å²) >= 11 is 0. The summed E-state index contributed by atoms with van der Waals surface area (Å²) in [5, 5.41) is 0. The third-order valence-corrected chi connectivity index (χ3v) is 15.4. The van der Waals surface area contributed by atoms with Gasteiger partial charge in [0.15, 0.2) is 0 Å². The van der Waals surface area contributed by atoms with E-state index in [1.165, 1.54) is 351 Å². The van der Waals surface area contributed by atoms with Crippen LogP contribution in [0.15, 0.2) is 0 Å². The van der Waals surface area contributed by atoms with Gasteiger partial charge >= 0.3 is 0 Å². The Hall–Kier alpha value is 0.230. The number of nitrogens with zero attached hydrogens (tertiary/aromatic N) is 3. The van der Waals surface area contributed by atoms with Crippen molar-refractivity contribution in [1.29, 1.82) is 0 Å². The molecule has 0 saturated carbocycles. The fourth-order valence-corrected chi connectivity index (χ4v) is 10.6. The largest absolute Gasteiger partial charge is 0.759 e. The predicted molar refractivity (Wildman–Crippen MR) is 333 cm³/mol. The maximum absolute atomic E-state index is 8.52. The van der Waals surface area contributed by atoms with Gasteiger partial charge in [-0.3, -0.25) is 8.42 Å². The fourth-order valence-electron chi connectivity index (χ4n) is 10.6. The molecule has 0 radical (unpaired) electrons. The number of hydrogen-bond donors (Lipinski definition) is 0. The van der Waals surface area contributed by atoms with Crippen LogP contribution in [0.1, 0.15) is 346 Å². The Morgan fingerprint density at radius 2 is 0.370 bits per heavy atom. The molecule has 73 heavy (non-hydrogen) atoms. The van der Waals surface area contributed by atoms with Crippen LogP contribution < -0.4 is 0 Å². The molecule has 0 N–H and O–H groups in total. The van der Waals surface area contributed by atoms with Crippen molar-refractivity contribution in [3.63, 3.8) is 0 Å². The average molecular weight is 1130 g/mol. The highest BCUT2D eigenvalue weighted by Crippen LogP contribution is 2.20. The summed E-state index contributed by atoms with van der Waals surface area (Å²) in [6.45, 7) is 41.3. The van der Waals surface area contributed by atoms with Crippen LogP contribution in [-0.2, 0) is 10.4 Å². The second-order valence-electron chi connectivity index (χ2n) is 22.7. The van der Waals surface area contributed by atoms with Gasteiger partial charge in [0.25, 0.3) is 0 Å². The van der Waals surface area contributed by atoms with E-state index in [4.69, 9.17) is 17.5 Å². The van der Waals surface area contributed by atoms with Crippen molar-refractivity contribution in [3.8, 4) is 0 Å².